The first-order valence-electron chi connectivity index (χ1n) is 6.66. The summed E-state index contributed by atoms with van der Waals surface area (Å²) in [6, 6.07) is 5.99. The van der Waals surface area contributed by atoms with Crippen molar-refractivity contribution in [2.24, 2.45) is 0 Å². The lowest BCUT2D eigenvalue weighted by atomic mass is 10.1. The standard InChI is InChI=1S/C15H14N2O5/c1-16-8-13(18)17(15(16)20)7-9-5-14(19)22-12-6-10(21-2)3-4-11(9)12/h3-6H,7-8H2,1-2H3. The monoisotopic (exact) mass is 302 g/mol. The molecule has 1 aromatic carbocycles. The van der Waals surface area contributed by atoms with Gasteiger partial charge in [-0.1, -0.05) is 0 Å². The van der Waals surface area contributed by atoms with Crippen molar-refractivity contribution in [1.29, 1.82) is 0 Å². The molecule has 0 aliphatic carbocycles. The number of hydrogen-bond donors (Lipinski definition) is 0. The van der Waals surface area contributed by atoms with Crippen molar-refractivity contribution in [2.45, 2.75) is 6.54 Å². The first kappa shape index (κ1) is 14.1. The van der Waals surface area contributed by atoms with Crippen molar-refractivity contribution in [3.05, 3.63) is 40.2 Å². The fourth-order valence-electron chi connectivity index (χ4n) is 2.46. The fraction of sp³-hybridized carbons (Fsp3) is 0.267. The molecule has 0 radical (unpaired) electrons. The number of nitrogens with zero attached hydrogens (tertiary/aromatic N) is 2. The molecule has 22 heavy (non-hydrogen) atoms. The van der Waals surface area contributed by atoms with Crippen LogP contribution in [-0.2, 0) is 11.3 Å². The second kappa shape index (κ2) is 5.18. The number of carbonyl (C=O) groups is 2. The second-order valence-corrected chi connectivity index (χ2v) is 5.07. The molecular weight excluding hydrogens is 288 g/mol. The van der Waals surface area contributed by atoms with E-state index in [1.807, 2.05) is 0 Å². The first-order chi connectivity index (χ1) is 10.5. The quantitative estimate of drug-likeness (QED) is 0.628. The van der Waals surface area contributed by atoms with E-state index in [0.717, 1.165) is 4.90 Å². The molecule has 1 aliphatic heterocycles. The van der Waals surface area contributed by atoms with Crippen molar-refractivity contribution >= 4 is 22.9 Å². The van der Waals surface area contributed by atoms with Crippen LogP contribution in [0.4, 0.5) is 4.79 Å². The van der Waals surface area contributed by atoms with Crippen LogP contribution >= 0.6 is 0 Å². The zero-order valence-corrected chi connectivity index (χ0v) is 12.2. The van der Waals surface area contributed by atoms with Gasteiger partial charge in [-0.15, -0.1) is 0 Å². The van der Waals surface area contributed by atoms with Gasteiger partial charge in [0.1, 0.15) is 17.9 Å². The maximum Gasteiger partial charge on any atom is 0.336 e. The van der Waals surface area contributed by atoms with Crippen LogP contribution in [0.15, 0.2) is 33.5 Å². The topological polar surface area (TPSA) is 80.1 Å². The van der Waals surface area contributed by atoms with Gasteiger partial charge in [-0.05, 0) is 17.7 Å². The lowest BCUT2D eigenvalue weighted by molar-refractivity contribution is -0.125. The highest BCUT2D eigenvalue weighted by molar-refractivity contribution is 6.02. The zero-order valence-electron chi connectivity index (χ0n) is 12.2. The average molecular weight is 302 g/mol. The molecular formula is C15H14N2O5. The van der Waals surface area contributed by atoms with E-state index >= 15 is 0 Å². The molecule has 0 atom stereocenters. The Hall–Kier alpha value is -2.83. The molecule has 3 amide bonds. The Morgan fingerprint density at radius 3 is 2.64 bits per heavy atom. The van der Waals surface area contributed by atoms with Gasteiger partial charge >= 0.3 is 11.7 Å². The molecule has 2 heterocycles. The molecule has 1 aromatic heterocycles. The Morgan fingerprint density at radius 1 is 1.23 bits per heavy atom. The van der Waals surface area contributed by atoms with E-state index in [4.69, 9.17) is 9.15 Å². The molecule has 0 N–H and O–H groups in total. The summed E-state index contributed by atoms with van der Waals surface area (Å²) in [6.45, 7) is 0.0858. The number of likely N-dealkylation sites (N-methyl/N-ethyl adjacent to an activating group) is 1. The minimum Gasteiger partial charge on any atom is -0.497 e. The van der Waals surface area contributed by atoms with Gasteiger partial charge in [-0.3, -0.25) is 9.69 Å². The van der Waals surface area contributed by atoms with Crippen molar-refractivity contribution in [2.75, 3.05) is 20.7 Å². The van der Waals surface area contributed by atoms with E-state index in [-0.39, 0.29) is 25.0 Å². The van der Waals surface area contributed by atoms with Crippen molar-refractivity contribution in [1.82, 2.24) is 9.80 Å². The summed E-state index contributed by atoms with van der Waals surface area (Å²) in [5.74, 6) is 0.267. The van der Waals surface area contributed by atoms with Crippen LogP contribution in [0.5, 0.6) is 5.75 Å². The summed E-state index contributed by atoms with van der Waals surface area (Å²) < 4.78 is 10.2. The number of rotatable bonds is 3. The van der Waals surface area contributed by atoms with Gasteiger partial charge < -0.3 is 14.1 Å². The van der Waals surface area contributed by atoms with Crippen LogP contribution < -0.4 is 10.4 Å². The van der Waals surface area contributed by atoms with E-state index in [1.165, 1.54) is 18.1 Å². The number of carbonyl (C=O) groups excluding carboxylic acids is 2. The van der Waals surface area contributed by atoms with E-state index in [9.17, 15) is 14.4 Å². The van der Waals surface area contributed by atoms with E-state index in [2.05, 4.69) is 0 Å². The summed E-state index contributed by atoms with van der Waals surface area (Å²) in [6.07, 6.45) is 0. The third-order valence-corrected chi connectivity index (χ3v) is 3.60. The van der Waals surface area contributed by atoms with Crippen LogP contribution in [0.3, 0.4) is 0 Å². The molecule has 114 valence electrons. The smallest absolute Gasteiger partial charge is 0.336 e. The van der Waals surface area contributed by atoms with Gasteiger partial charge in [-0.25, -0.2) is 9.59 Å². The highest BCUT2D eigenvalue weighted by Gasteiger charge is 2.33. The molecule has 1 aliphatic rings. The molecule has 0 spiro atoms. The van der Waals surface area contributed by atoms with Gasteiger partial charge in [0.2, 0.25) is 0 Å². The molecule has 1 fully saturated rings. The Balaban J connectivity index is 2.05. The predicted molar refractivity (Wildman–Crippen MR) is 77.6 cm³/mol. The molecule has 7 heteroatoms. The Labute approximate surface area is 125 Å². The minimum atomic E-state index is -0.539. The molecule has 7 nitrogen and oxygen atoms in total. The van der Waals surface area contributed by atoms with Gasteiger partial charge in [0.15, 0.2) is 0 Å². The molecule has 0 saturated carbocycles. The van der Waals surface area contributed by atoms with Crippen molar-refractivity contribution < 1.29 is 18.7 Å². The van der Waals surface area contributed by atoms with Crippen LogP contribution in [0.2, 0.25) is 0 Å². The molecule has 1 saturated heterocycles. The summed E-state index contributed by atoms with van der Waals surface area (Å²) in [7, 11) is 3.07. The summed E-state index contributed by atoms with van der Waals surface area (Å²) in [5.41, 5.74) is 0.378. The molecule has 3 rings (SSSR count). The number of ether oxygens (including phenoxy) is 1. The fourth-order valence-corrected chi connectivity index (χ4v) is 2.46. The number of hydrogen-bond acceptors (Lipinski definition) is 5. The van der Waals surface area contributed by atoms with Gasteiger partial charge in [0.25, 0.3) is 5.91 Å². The maximum atomic E-state index is 12.0. The zero-order chi connectivity index (χ0) is 15.9. The van der Waals surface area contributed by atoms with E-state index in [0.29, 0.717) is 22.3 Å². The molecule has 0 unspecified atom stereocenters. The number of urea groups is 1. The normalized spacial score (nSPS) is 15.0. The van der Waals surface area contributed by atoms with Crippen LogP contribution in [0.1, 0.15) is 5.56 Å². The Bertz CT molecular complexity index is 826. The third kappa shape index (κ3) is 2.30. The SMILES string of the molecule is COc1ccc2c(CN3C(=O)CN(C)C3=O)cc(=O)oc2c1. The summed E-state index contributed by atoms with van der Waals surface area (Å²) in [5, 5.41) is 0.663. The Kier molecular flexibility index (Phi) is 3.32. The largest absolute Gasteiger partial charge is 0.497 e. The van der Waals surface area contributed by atoms with Crippen LogP contribution in [0, 0.1) is 0 Å². The lowest BCUT2D eigenvalue weighted by Gasteiger charge is -2.15. The predicted octanol–water partition coefficient (Wildman–Crippen LogP) is 1.20. The van der Waals surface area contributed by atoms with E-state index in [1.54, 1.807) is 25.2 Å². The average Bonchev–Trinajstić information content (AvgIpc) is 2.72. The number of benzene rings is 1. The van der Waals surface area contributed by atoms with Gasteiger partial charge in [-0.2, -0.15) is 0 Å². The van der Waals surface area contributed by atoms with Gasteiger partial charge in [0, 0.05) is 24.6 Å². The third-order valence-electron chi connectivity index (χ3n) is 3.60. The molecule has 0 bridgehead atoms. The lowest BCUT2D eigenvalue weighted by Crippen LogP contribution is -2.31. The van der Waals surface area contributed by atoms with Crippen LogP contribution in [-0.4, -0.2) is 42.4 Å². The Morgan fingerprint density at radius 2 is 2.00 bits per heavy atom. The second-order valence-electron chi connectivity index (χ2n) is 5.07. The van der Waals surface area contributed by atoms with E-state index < -0.39 is 5.63 Å². The highest BCUT2D eigenvalue weighted by atomic mass is 16.5. The number of methoxy groups -OCH3 is 1. The summed E-state index contributed by atoms with van der Waals surface area (Å²) >= 11 is 0. The maximum absolute atomic E-state index is 12.0. The van der Waals surface area contributed by atoms with Crippen molar-refractivity contribution in [3.63, 3.8) is 0 Å². The first-order valence-corrected chi connectivity index (χ1v) is 6.66. The minimum absolute atomic E-state index is 0.0381. The van der Waals surface area contributed by atoms with Crippen LogP contribution in [0.25, 0.3) is 11.0 Å². The number of amides is 3. The highest BCUT2D eigenvalue weighted by Crippen LogP contribution is 2.24. The van der Waals surface area contributed by atoms with Gasteiger partial charge in [0.05, 0.1) is 13.7 Å². The number of fused-ring (bicyclic) bond motifs is 1. The summed E-state index contributed by atoms with van der Waals surface area (Å²) in [4.78, 5) is 38.0. The van der Waals surface area contributed by atoms with Crippen molar-refractivity contribution in [3.8, 4) is 5.75 Å². The number of imide groups is 1. The molecule has 2 aromatic rings.